The first kappa shape index (κ1) is 24.2. The lowest BCUT2D eigenvalue weighted by Crippen LogP contribution is -2.69. The summed E-state index contributed by atoms with van der Waals surface area (Å²) >= 11 is 0. The van der Waals surface area contributed by atoms with E-state index in [1.54, 1.807) is 0 Å². The van der Waals surface area contributed by atoms with Gasteiger partial charge in [0.25, 0.3) is 14.2 Å². The van der Waals surface area contributed by atoms with Crippen LogP contribution in [0.5, 0.6) is 0 Å². The summed E-state index contributed by atoms with van der Waals surface area (Å²) < 4.78 is 6.93. The van der Waals surface area contributed by atoms with Gasteiger partial charge in [-0.1, -0.05) is 81.4 Å². The molecule has 1 saturated heterocycles. The van der Waals surface area contributed by atoms with Gasteiger partial charge in [0, 0.05) is 19.5 Å². The molecule has 0 bridgehead atoms. The maximum Gasteiger partial charge on any atom is 0.296 e. The van der Waals surface area contributed by atoms with Gasteiger partial charge in [-0.2, -0.15) is 0 Å². The lowest BCUT2D eigenvalue weighted by atomic mass is 10.1. The van der Waals surface area contributed by atoms with Crippen LogP contribution in [0.15, 0.2) is 60.7 Å². The van der Waals surface area contributed by atoms with Crippen molar-refractivity contribution < 1.29 is 14.1 Å². The molecule has 3 rings (SSSR count). The predicted molar refractivity (Wildman–Crippen MR) is 130 cm³/mol. The van der Waals surface area contributed by atoms with E-state index in [2.05, 4.69) is 50.4 Å². The minimum Gasteiger partial charge on any atom is -0.344 e. The molecule has 0 unspecified atom stereocenters. The molecule has 0 aromatic heterocycles. The van der Waals surface area contributed by atoms with Gasteiger partial charge in [0.2, 0.25) is 5.91 Å². The van der Waals surface area contributed by atoms with Crippen LogP contribution in [0.2, 0.25) is 5.04 Å². The molecule has 0 spiro atoms. The second-order valence-corrected chi connectivity index (χ2v) is 13.5. The first-order valence-electron chi connectivity index (χ1n) is 11.4. The Morgan fingerprint density at radius 3 is 2.12 bits per heavy atom. The van der Waals surface area contributed by atoms with Gasteiger partial charge >= 0.3 is 0 Å². The molecule has 0 radical (unpaired) electrons. The molecule has 7 heteroatoms. The smallest absolute Gasteiger partial charge is 0.296 e. The predicted octanol–water partition coefficient (Wildman–Crippen LogP) is 2.32. The molecule has 1 aliphatic rings. The summed E-state index contributed by atoms with van der Waals surface area (Å²) in [5, 5.41) is 6.38. The monoisotopic (exact) mass is 453 g/mol. The number of rotatable bonds is 7. The van der Waals surface area contributed by atoms with Crippen molar-refractivity contribution in [3.63, 3.8) is 0 Å². The molecule has 1 atom stereocenters. The number of hydroxylamine groups is 2. The summed E-state index contributed by atoms with van der Waals surface area (Å²) in [6, 6.07) is 19.9. The van der Waals surface area contributed by atoms with Crippen molar-refractivity contribution in [1.82, 2.24) is 10.4 Å². The van der Waals surface area contributed by atoms with Gasteiger partial charge in [0.05, 0.1) is 0 Å². The molecule has 2 aromatic rings. The van der Waals surface area contributed by atoms with Crippen LogP contribution < -0.4 is 21.4 Å². The molecule has 1 fully saturated rings. The number of nitrogens with two attached hydrogens (primary N) is 1. The second kappa shape index (κ2) is 10.4. The molecule has 0 aliphatic carbocycles. The van der Waals surface area contributed by atoms with Crippen LogP contribution in [0.25, 0.3) is 0 Å². The van der Waals surface area contributed by atoms with Crippen molar-refractivity contribution in [3.8, 4) is 0 Å². The maximum atomic E-state index is 13.5. The highest BCUT2D eigenvalue weighted by Crippen LogP contribution is 2.37. The summed E-state index contributed by atoms with van der Waals surface area (Å²) in [5.74, 6) is -0.376. The van der Waals surface area contributed by atoms with E-state index in [0.29, 0.717) is 13.0 Å². The number of amides is 2. The largest absolute Gasteiger partial charge is 0.344 e. The quantitative estimate of drug-likeness (QED) is 0.630. The van der Waals surface area contributed by atoms with Gasteiger partial charge in [0.1, 0.15) is 6.04 Å². The SMILES string of the molecule is CC(C)(C)[Si](ON1CCCC[C@H](NC(=O)CCN)C1=O)(c1ccccc1)c1ccccc1. The fourth-order valence-corrected chi connectivity index (χ4v) is 8.81. The van der Waals surface area contributed by atoms with Crippen molar-refractivity contribution in [2.24, 2.45) is 5.73 Å². The van der Waals surface area contributed by atoms with E-state index >= 15 is 0 Å². The number of carbonyl (C=O) groups excluding carboxylic acids is 2. The number of nitrogens with one attached hydrogen (secondary N) is 1. The fourth-order valence-electron chi connectivity index (χ4n) is 4.42. The van der Waals surface area contributed by atoms with Crippen LogP contribution >= 0.6 is 0 Å². The number of benzene rings is 2. The van der Waals surface area contributed by atoms with E-state index in [1.165, 1.54) is 5.06 Å². The number of nitrogens with zero attached hydrogens (tertiary/aromatic N) is 1. The average Bonchev–Trinajstić information content (AvgIpc) is 2.94. The average molecular weight is 454 g/mol. The molecule has 6 nitrogen and oxygen atoms in total. The van der Waals surface area contributed by atoms with Crippen molar-refractivity contribution in [2.75, 3.05) is 13.1 Å². The Hall–Kier alpha value is -2.48. The molecule has 172 valence electrons. The summed E-state index contributed by atoms with van der Waals surface area (Å²) in [6.45, 7) is 7.31. The molecule has 3 N–H and O–H groups in total. The number of hydrogen-bond acceptors (Lipinski definition) is 4. The summed E-state index contributed by atoms with van der Waals surface area (Å²) in [7, 11) is -2.91. The highest BCUT2D eigenvalue weighted by molar-refractivity contribution is 6.99. The molecular weight excluding hydrogens is 418 g/mol. The molecule has 0 saturated carbocycles. The lowest BCUT2D eigenvalue weighted by Gasteiger charge is -2.45. The van der Waals surface area contributed by atoms with E-state index in [9.17, 15) is 9.59 Å². The van der Waals surface area contributed by atoms with E-state index in [-0.39, 0.29) is 29.8 Å². The Labute approximate surface area is 192 Å². The Morgan fingerprint density at radius 1 is 1.06 bits per heavy atom. The zero-order valence-corrected chi connectivity index (χ0v) is 20.3. The summed E-state index contributed by atoms with van der Waals surface area (Å²) in [5.41, 5.74) is 5.51. The molecule has 2 amide bonds. The third-order valence-electron chi connectivity index (χ3n) is 6.02. The van der Waals surface area contributed by atoms with Crippen molar-refractivity contribution in [1.29, 1.82) is 0 Å². The standard InChI is InChI=1S/C25H35N3O3Si/c1-25(2,3)32(20-12-6-4-7-13-20,21-14-8-5-9-15-21)31-28-19-11-10-16-22(24(28)30)27-23(29)17-18-26/h4-9,12-15,22H,10-11,16-19,26H2,1-3H3,(H,27,29)/t22-/m0/s1. The van der Waals surface area contributed by atoms with E-state index in [0.717, 1.165) is 23.2 Å². The minimum atomic E-state index is -2.91. The molecular formula is C25H35N3O3Si. The highest BCUT2D eigenvalue weighted by Gasteiger charge is 2.53. The maximum absolute atomic E-state index is 13.5. The number of carbonyl (C=O) groups is 2. The second-order valence-electron chi connectivity index (χ2n) is 9.35. The Balaban J connectivity index is 2.04. The van der Waals surface area contributed by atoms with Gasteiger partial charge in [-0.25, -0.2) is 5.06 Å². The third kappa shape index (κ3) is 5.11. The van der Waals surface area contributed by atoms with Crippen molar-refractivity contribution in [2.45, 2.75) is 57.5 Å². The Bertz CT molecular complexity index is 860. The van der Waals surface area contributed by atoms with Crippen LogP contribution in [0.3, 0.4) is 0 Å². The van der Waals surface area contributed by atoms with Crippen LogP contribution in [-0.4, -0.2) is 44.3 Å². The Kier molecular flexibility index (Phi) is 7.87. The van der Waals surface area contributed by atoms with Crippen LogP contribution in [-0.2, 0) is 14.1 Å². The number of hydrogen-bond donors (Lipinski definition) is 2. The first-order valence-corrected chi connectivity index (χ1v) is 13.3. The molecule has 32 heavy (non-hydrogen) atoms. The zero-order valence-electron chi connectivity index (χ0n) is 19.3. The molecule has 2 aromatic carbocycles. The topological polar surface area (TPSA) is 84.7 Å². The van der Waals surface area contributed by atoms with Crippen LogP contribution in [0.1, 0.15) is 46.5 Å². The van der Waals surface area contributed by atoms with E-state index in [4.69, 9.17) is 10.3 Å². The zero-order chi connectivity index (χ0) is 23.2. The lowest BCUT2D eigenvalue weighted by molar-refractivity contribution is -0.161. The van der Waals surface area contributed by atoms with Gasteiger partial charge in [-0.3, -0.25) is 9.59 Å². The van der Waals surface area contributed by atoms with Crippen LogP contribution in [0.4, 0.5) is 0 Å². The summed E-state index contributed by atoms with van der Waals surface area (Å²) in [4.78, 5) is 25.7. The fraction of sp³-hybridized carbons (Fsp3) is 0.440. The van der Waals surface area contributed by atoms with Gasteiger partial charge < -0.3 is 15.6 Å². The Morgan fingerprint density at radius 2 is 1.62 bits per heavy atom. The van der Waals surface area contributed by atoms with E-state index in [1.807, 2.05) is 36.4 Å². The first-order chi connectivity index (χ1) is 15.3. The summed E-state index contributed by atoms with van der Waals surface area (Å²) in [6.07, 6.45) is 2.49. The molecule has 1 heterocycles. The van der Waals surface area contributed by atoms with Crippen molar-refractivity contribution >= 4 is 30.5 Å². The van der Waals surface area contributed by atoms with Crippen LogP contribution in [0, 0.1) is 0 Å². The van der Waals surface area contributed by atoms with E-state index < -0.39 is 14.4 Å². The van der Waals surface area contributed by atoms with Gasteiger partial charge in [-0.15, -0.1) is 0 Å². The minimum absolute atomic E-state index is 0.180. The normalized spacial score (nSPS) is 17.7. The van der Waals surface area contributed by atoms with Crippen molar-refractivity contribution in [3.05, 3.63) is 60.7 Å². The van der Waals surface area contributed by atoms with Gasteiger partial charge in [-0.05, 0) is 34.7 Å². The highest BCUT2D eigenvalue weighted by atomic mass is 28.4. The molecule has 1 aliphatic heterocycles. The third-order valence-corrected chi connectivity index (χ3v) is 10.9. The van der Waals surface area contributed by atoms with Gasteiger partial charge in [0.15, 0.2) is 0 Å².